The molecule has 1 saturated heterocycles. The number of amides is 2. The van der Waals surface area contributed by atoms with Gasteiger partial charge in [0.05, 0.1) is 0 Å². The first-order valence-corrected chi connectivity index (χ1v) is 9.01. The number of nitrogens with zero attached hydrogens (tertiary/aromatic N) is 1. The molecule has 4 nitrogen and oxygen atoms in total. The molecule has 1 N–H and O–H groups in total. The van der Waals surface area contributed by atoms with Gasteiger partial charge in [-0.05, 0) is 62.1 Å². The number of likely N-dealkylation sites (tertiary alicyclic amines) is 1. The first-order chi connectivity index (χ1) is 11.6. The third-order valence-corrected chi connectivity index (χ3v) is 5.83. The van der Waals surface area contributed by atoms with Crippen molar-refractivity contribution in [2.75, 3.05) is 18.4 Å². The zero-order valence-corrected chi connectivity index (χ0v) is 14.1. The lowest BCUT2D eigenvalue weighted by Crippen LogP contribution is -2.29. The maximum absolute atomic E-state index is 12.7. The van der Waals surface area contributed by atoms with Gasteiger partial charge in [0.2, 0.25) is 5.91 Å². The topological polar surface area (TPSA) is 49.4 Å². The lowest BCUT2D eigenvalue weighted by molar-refractivity contribution is -0.120. The molecule has 2 aliphatic carbocycles. The van der Waals surface area contributed by atoms with Crippen LogP contribution in [0.1, 0.15) is 41.6 Å². The second kappa shape index (κ2) is 6.08. The molecule has 0 unspecified atom stereocenters. The molecule has 0 spiro atoms. The monoisotopic (exact) mass is 324 g/mol. The summed E-state index contributed by atoms with van der Waals surface area (Å²) in [6.45, 7) is 3.61. The van der Waals surface area contributed by atoms with Crippen molar-refractivity contribution in [1.29, 1.82) is 0 Å². The highest BCUT2D eigenvalue weighted by atomic mass is 16.2. The van der Waals surface area contributed by atoms with Crippen molar-refractivity contribution < 1.29 is 9.59 Å². The molecule has 4 heteroatoms. The average Bonchev–Trinajstić information content (AvgIpc) is 3.33. The van der Waals surface area contributed by atoms with Crippen LogP contribution in [-0.4, -0.2) is 29.8 Å². The number of carbonyl (C=O) groups is 2. The van der Waals surface area contributed by atoms with Crippen LogP contribution < -0.4 is 5.32 Å². The number of rotatable bonds is 3. The number of hydrogen-bond donors (Lipinski definition) is 1. The second-order valence-electron chi connectivity index (χ2n) is 7.35. The Balaban J connectivity index is 1.51. The molecule has 1 aromatic carbocycles. The van der Waals surface area contributed by atoms with E-state index in [0.29, 0.717) is 17.4 Å². The Morgan fingerprint density at radius 2 is 1.92 bits per heavy atom. The smallest absolute Gasteiger partial charge is 0.254 e. The van der Waals surface area contributed by atoms with Gasteiger partial charge in [-0.2, -0.15) is 0 Å². The first-order valence-electron chi connectivity index (χ1n) is 9.01. The van der Waals surface area contributed by atoms with Crippen LogP contribution in [0.25, 0.3) is 0 Å². The van der Waals surface area contributed by atoms with Gasteiger partial charge in [-0.25, -0.2) is 0 Å². The molecule has 126 valence electrons. The van der Waals surface area contributed by atoms with E-state index in [4.69, 9.17) is 0 Å². The van der Waals surface area contributed by atoms with Crippen LogP contribution >= 0.6 is 0 Å². The lowest BCUT2D eigenvalue weighted by Gasteiger charge is -2.21. The van der Waals surface area contributed by atoms with Gasteiger partial charge in [-0.3, -0.25) is 9.59 Å². The minimum atomic E-state index is 0.0809. The highest BCUT2D eigenvalue weighted by molar-refractivity contribution is 6.00. The van der Waals surface area contributed by atoms with Crippen LogP contribution in [0.2, 0.25) is 0 Å². The Morgan fingerprint density at radius 1 is 1.12 bits per heavy atom. The number of nitrogens with one attached hydrogen (secondary N) is 1. The van der Waals surface area contributed by atoms with Gasteiger partial charge in [-0.1, -0.05) is 18.2 Å². The molecule has 2 amide bonds. The molecule has 1 aliphatic heterocycles. The molecule has 24 heavy (non-hydrogen) atoms. The number of hydrogen-bond acceptors (Lipinski definition) is 2. The molecule has 1 aromatic rings. The van der Waals surface area contributed by atoms with Crippen LogP contribution in [0.5, 0.6) is 0 Å². The Hall–Kier alpha value is -2.10. The fourth-order valence-corrected chi connectivity index (χ4v) is 4.40. The van der Waals surface area contributed by atoms with E-state index in [2.05, 4.69) is 17.5 Å². The number of anilines is 1. The highest BCUT2D eigenvalue weighted by Gasteiger charge is 2.39. The number of benzene rings is 1. The van der Waals surface area contributed by atoms with E-state index in [-0.39, 0.29) is 17.7 Å². The Labute approximate surface area is 142 Å². The van der Waals surface area contributed by atoms with Crippen molar-refractivity contribution in [3.8, 4) is 0 Å². The quantitative estimate of drug-likeness (QED) is 0.867. The van der Waals surface area contributed by atoms with E-state index < -0.39 is 0 Å². The van der Waals surface area contributed by atoms with E-state index in [0.717, 1.165) is 50.0 Å². The molecule has 1 saturated carbocycles. The number of fused-ring (bicyclic) bond motifs is 2. The van der Waals surface area contributed by atoms with E-state index in [1.54, 1.807) is 0 Å². The highest BCUT2D eigenvalue weighted by Crippen LogP contribution is 2.43. The molecular formula is C20H24N2O2. The Kier molecular flexibility index (Phi) is 3.91. The standard InChI is InChI=1S/C20H24N2O2/c1-13-16(20(24)22-9-2-3-10-22)5-4-6-18(13)21-19(23)17-12-14-7-8-15(17)11-14/h4-8,14-15,17H,2-3,9-12H2,1H3,(H,21,23)/t14-,15-,17+/m0/s1. The predicted molar refractivity (Wildman–Crippen MR) is 93.8 cm³/mol. The van der Waals surface area contributed by atoms with Crippen molar-refractivity contribution in [3.05, 3.63) is 41.5 Å². The SMILES string of the molecule is Cc1c(NC(=O)[C@@H]2C[C@H]3C=C[C@H]2C3)cccc1C(=O)N1CCCC1. The summed E-state index contributed by atoms with van der Waals surface area (Å²) < 4.78 is 0. The van der Waals surface area contributed by atoms with Crippen LogP contribution in [-0.2, 0) is 4.79 Å². The first kappa shape index (κ1) is 15.4. The zero-order valence-electron chi connectivity index (χ0n) is 14.1. The molecule has 1 heterocycles. The van der Waals surface area contributed by atoms with Gasteiger partial charge in [-0.15, -0.1) is 0 Å². The summed E-state index contributed by atoms with van der Waals surface area (Å²) in [7, 11) is 0. The summed E-state index contributed by atoms with van der Waals surface area (Å²) in [6, 6.07) is 5.63. The number of carbonyl (C=O) groups excluding carboxylic acids is 2. The molecular weight excluding hydrogens is 300 g/mol. The van der Waals surface area contributed by atoms with Crippen molar-refractivity contribution in [1.82, 2.24) is 4.90 Å². The fraction of sp³-hybridized carbons (Fsp3) is 0.500. The molecule has 0 radical (unpaired) electrons. The van der Waals surface area contributed by atoms with Gasteiger partial charge < -0.3 is 10.2 Å². The van der Waals surface area contributed by atoms with Crippen molar-refractivity contribution in [2.45, 2.75) is 32.6 Å². The fourth-order valence-electron chi connectivity index (χ4n) is 4.40. The van der Waals surface area contributed by atoms with Gasteiger partial charge >= 0.3 is 0 Å². The zero-order chi connectivity index (χ0) is 16.7. The van der Waals surface area contributed by atoms with Crippen molar-refractivity contribution in [2.24, 2.45) is 17.8 Å². The lowest BCUT2D eigenvalue weighted by atomic mass is 9.92. The summed E-state index contributed by atoms with van der Waals surface area (Å²) in [5, 5.41) is 3.08. The van der Waals surface area contributed by atoms with E-state index in [1.807, 2.05) is 30.0 Å². The van der Waals surface area contributed by atoms with Gasteiger partial charge in [0.15, 0.2) is 0 Å². The molecule has 2 bridgehead atoms. The molecule has 3 atom stereocenters. The minimum Gasteiger partial charge on any atom is -0.339 e. The van der Waals surface area contributed by atoms with Crippen molar-refractivity contribution >= 4 is 17.5 Å². The molecule has 0 aromatic heterocycles. The number of allylic oxidation sites excluding steroid dienone is 2. The maximum Gasteiger partial charge on any atom is 0.254 e. The summed E-state index contributed by atoms with van der Waals surface area (Å²) in [5.74, 6) is 1.24. The van der Waals surface area contributed by atoms with Crippen molar-refractivity contribution in [3.63, 3.8) is 0 Å². The summed E-state index contributed by atoms with van der Waals surface area (Å²) >= 11 is 0. The minimum absolute atomic E-state index is 0.0809. The average molecular weight is 324 g/mol. The maximum atomic E-state index is 12.7. The summed E-state index contributed by atoms with van der Waals surface area (Å²) in [5.41, 5.74) is 2.36. The summed E-state index contributed by atoms with van der Waals surface area (Å²) in [4.78, 5) is 27.2. The summed E-state index contributed by atoms with van der Waals surface area (Å²) in [6.07, 6.45) is 8.68. The molecule has 4 rings (SSSR count). The Morgan fingerprint density at radius 3 is 2.58 bits per heavy atom. The van der Waals surface area contributed by atoms with Gasteiger partial charge in [0.25, 0.3) is 5.91 Å². The third-order valence-electron chi connectivity index (χ3n) is 5.83. The van der Waals surface area contributed by atoms with Gasteiger partial charge in [0.1, 0.15) is 0 Å². The second-order valence-corrected chi connectivity index (χ2v) is 7.35. The normalized spacial score (nSPS) is 27.7. The Bertz CT molecular complexity index is 704. The molecule has 2 fully saturated rings. The third kappa shape index (κ3) is 2.64. The van der Waals surface area contributed by atoms with Crippen LogP contribution in [0.15, 0.2) is 30.4 Å². The predicted octanol–water partition coefficient (Wildman–Crippen LogP) is 3.38. The van der Waals surface area contributed by atoms with Crippen LogP contribution in [0.4, 0.5) is 5.69 Å². The van der Waals surface area contributed by atoms with E-state index in [1.165, 1.54) is 0 Å². The van der Waals surface area contributed by atoms with Crippen LogP contribution in [0.3, 0.4) is 0 Å². The van der Waals surface area contributed by atoms with E-state index in [9.17, 15) is 9.59 Å². The molecule has 3 aliphatic rings. The largest absolute Gasteiger partial charge is 0.339 e. The van der Waals surface area contributed by atoms with E-state index >= 15 is 0 Å². The van der Waals surface area contributed by atoms with Gasteiger partial charge in [0, 0.05) is 30.3 Å². The van der Waals surface area contributed by atoms with Crippen LogP contribution in [0, 0.1) is 24.7 Å².